The van der Waals surface area contributed by atoms with Gasteiger partial charge in [0, 0.05) is 29.9 Å². The van der Waals surface area contributed by atoms with Gasteiger partial charge in [-0.3, -0.25) is 4.79 Å². The van der Waals surface area contributed by atoms with Gasteiger partial charge in [0.1, 0.15) is 17.8 Å². The fraction of sp³-hybridized carbons (Fsp3) is 0.450. The summed E-state index contributed by atoms with van der Waals surface area (Å²) in [6.07, 6.45) is 6.96. The van der Waals surface area contributed by atoms with Gasteiger partial charge in [-0.15, -0.1) is 0 Å². The highest BCUT2D eigenvalue weighted by Gasteiger charge is 2.18. The Hall–Kier alpha value is -3.03. The molecule has 8 nitrogen and oxygen atoms in total. The van der Waals surface area contributed by atoms with E-state index in [0.717, 1.165) is 25.7 Å². The van der Waals surface area contributed by atoms with E-state index in [1.165, 1.54) is 12.7 Å². The fourth-order valence-electron chi connectivity index (χ4n) is 3.36. The van der Waals surface area contributed by atoms with Crippen molar-refractivity contribution >= 4 is 17.4 Å². The van der Waals surface area contributed by atoms with Gasteiger partial charge in [-0.1, -0.05) is 19.3 Å². The third kappa shape index (κ3) is 4.62. The first-order valence-electron chi connectivity index (χ1n) is 9.34. The van der Waals surface area contributed by atoms with Crippen LogP contribution in [0.4, 0.5) is 11.5 Å². The van der Waals surface area contributed by atoms with Gasteiger partial charge in [-0.05, 0) is 12.8 Å². The monoisotopic (exact) mass is 386 g/mol. The van der Waals surface area contributed by atoms with Crippen LogP contribution in [0.15, 0.2) is 24.5 Å². The number of rotatable bonds is 7. The summed E-state index contributed by atoms with van der Waals surface area (Å²) >= 11 is 0. The smallest absolute Gasteiger partial charge is 0.270 e. The number of amides is 1. The Bertz CT molecular complexity index is 797. The predicted molar refractivity (Wildman–Crippen MR) is 106 cm³/mol. The molecule has 1 fully saturated rings. The molecule has 0 saturated heterocycles. The van der Waals surface area contributed by atoms with E-state index < -0.39 is 0 Å². The Morgan fingerprint density at radius 3 is 2.25 bits per heavy atom. The summed E-state index contributed by atoms with van der Waals surface area (Å²) in [6, 6.07) is 5.39. The van der Waals surface area contributed by atoms with Gasteiger partial charge in [0.05, 0.1) is 21.3 Å². The van der Waals surface area contributed by atoms with Crippen molar-refractivity contribution in [1.82, 2.24) is 15.3 Å². The Morgan fingerprint density at radius 1 is 0.964 bits per heavy atom. The molecule has 1 aliphatic rings. The molecule has 150 valence electrons. The van der Waals surface area contributed by atoms with Gasteiger partial charge in [0.2, 0.25) is 5.75 Å². The summed E-state index contributed by atoms with van der Waals surface area (Å²) in [7, 11) is 4.66. The van der Waals surface area contributed by atoms with Crippen molar-refractivity contribution < 1.29 is 19.0 Å². The van der Waals surface area contributed by atoms with E-state index in [1.807, 2.05) is 0 Å². The second-order valence-electron chi connectivity index (χ2n) is 6.64. The topological polar surface area (TPSA) is 94.6 Å². The van der Waals surface area contributed by atoms with Gasteiger partial charge in [0.15, 0.2) is 11.5 Å². The van der Waals surface area contributed by atoms with Crippen LogP contribution in [0.5, 0.6) is 17.2 Å². The number of ether oxygens (including phenoxy) is 3. The standard InChI is InChI=1S/C20H26N4O4/c1-26-16-9-14(10-17(27-2)19(16)28-3)23-18-11-15(21-12-22-18)20(25)24-13-7-5-4-6-8-13/h9-13H,4-8H2,1-3H3,(H,24,25)(H,21,22,23). The molecule has 2 aromatic rings. The van der Waals surface area contributed by atoms with E-state index in [0.29, 0.717) is 34.4 Å². The molecule has 1 aromatic heterocycles. The van der Waals surface area contributed by atoms with Crippen LogP contribution in [0.25, 0.3) is 0 Å². The van der Waals surface area contributed by atoms with Crippen LogP contribution in [0.2, 0.25) is 0 Å². The maximum absolute atomic E-state index is 12.5. The fourth-order valence-corrected chi connectivity index (χ4v) is 3.36. The van der Waals surface area contributed by atoms with Crippen LogP contribution < -0.4 is 24.8 Å². The minimum Gasteiger partial charge on any atom is -0.493 e. The van der Waals surface area contributed by atoms with Gasteiger partial charge >= 0.3 is 0 Å². The first-order chi connectivity index (χ1) is 13.6. The lowest BCUT2D eigenvalue weighted by molar-refractivity contribution is 0.0922. The van der Waals surface area contributed by atoms with E-state index >= 15 is 0 Å². The maximum atomic E-state index is 12.5. The predicted octanol–water partition coefficient (Wildman–Crippen LogP) is 3.31. The second kappa shape index (κ2) is 9.25. The number of carbonyl (C=O) groups excluding carboxylic acids is 1. The van der Waals surface area contributed by atoms with Gasteiger partial charge < -0.3 is 24.8 Å². The van der Waals surface area contributed by atoms with Crippen molar-refractivity contribution in [3.63, 3.8) is 0 Å². The lowest BCUT2D eigenvalue weighted by Gasteiger charge is -2.22. The zero-order valence-corrected chi connectivity index (χ0v) is 16.4. The summed E-state index contributed by atoms with van der Waals surface area (Å²) in [5.74, 6) is 1.87. The van der Waals surface area contributed by atoms with E-state index in [9.17, 15) is 4.79 Å². The summed E-state index contributed by atoms with van der Waals surface area (Å²) in [6.45, 7) is 0. The van der Waals surface area contributed by atoms with E-state index in [1.54, 1.807) is 39.5 Å². The summed E-state index contributed by atoms with van der Waals surface area (Å²) in [5, 5.41) is 6.22. The van der Waals surface area contributed by atoms with Crippen LogP contribution in [0.3, 0.4) is 0 Å². The van der Waals surface area contributed by atoms with Crippen LogP contribution in [0, 0.1) is 0 Å². The highest BCUT2D eigenvalue weighted by Crippen LogP contribution is 2.40. The van der Waals surface area contributed by atoms with Crippen molar-refractivity contribution in [1.29, 1.82) is 0 Å². The van der Waals surface area contributed by atoms with Gasteiger partial charge in [-0.2, -0.15) is 0 Å². The molecule has 0 unspecified atom stereocenters. The maximum Gasteiger partial charge on any atom is 0.270 e. The normalized spacial score (nSPS) is 14.2. The molecule has 1 aliphatic carbocycles. The zero-order chi connectivity index (χ0) is 19.9. The Morgan fingerprint density at radius 2 is 1.64 bits per heavy atom. The number of nitrogens with one attached hydrogen (secondary N) is 2. The lowest BCUT2D eigenvalue weighted by Crippen LogP contribution is -2.36. The summed E-state index contributed by atoms with van der Waals surface area (Å²) in [4.78, 5) is 20.8. The van der Waals surface area contributed by atoms with E-state index in [-0.39, 0.29) is 11.9 Å². The molecule has 0 atom stereocenters. The highest BCUT2D eigenvalue weighted by atomic mass is 16.5. The second-order valence-corrected chi connectivity index (χ2v) is 6.64. The molecule has 1 aromatic carbocycles. The molecular weight excluding hydrogens is 360 g/mol. The first-order valence-corrected chi connectivity index (χ1v) is 9.34. The average Bonchev–Trinajstić information content (AvgIpc) is 2.73. The molecule has 2 N–H and O–H groups in total. The number of benzene rings is 1. The Balaban J connectivity index is 1.76. The molecule has 3 rings (SSSR count). The van der Waals surface area contributed by atoms with Crippen LogP contribution >= 0.6 is 0 Å². The van der Waals surface area contributed by atoms with E-state index in [4.69, 9.17) is 14.2 Å². The molecule has 0 radical (unpaired) electrons. The van der Waals surface area contributed by atoms with Crippen molar-refractivity contribution in [2.75, 3.05) is 26.6 Å². The minimum atomic E-state index is -0.178. The van der Waals surface area contributed by atoms with Crippen molar-refractivity contribution in [3.05, 3.63) is 30.2 Å². The molecule has 1 amide bonds. The van der Waals surface area contributed by atoms with Crippen LogP contribution in [-0.2, 0) is 0 Å². The largest absolute Gasteiger partial charge is 0.493 e. The number of hydrogen-bond donors (Lipinski definition) is 2. The number of carbonyl (C=O) groups is 1. The van der Waals surface area contributed by atoms with Crippen molar-refractivity contribution in [2.45, 2.75) is 38.1 Å². The SMILES string of the molecule is COc1cc(Nc2cc(C(=O)NC3CCCCC3)ncn2)cc(OC)c1OC. The first kappa shape index (κ1) is 19.7. The number of methoxy groups -OCH3 is 3. The zero-order valence-electron chi connectivity index (χ0n) is 16.4. The van der Waals surface area contributed by atoms with Gasteiger partial charge in [-0.25, -0.2) is 9.97 Å². The Kier molecular flexibility index (Phi) is 6.52. The third-order valence-corrected chi connectivity index (χ3v) is 4.78. The van der Waals surface area contributed by atoms with Crippen molar-refractivity contribution in [2.24, 2.45) is 0 Å². The quantitative estimate of drug-likeness (QED) is 0.754. The van der Waals surface area contributed by atoms with Gasteiger partial charge in [0.25, 0.3) is 5.91 Å². The molecule has 1 heterocycles. The summed E-state index contributed by atoms with van der Waals surface area (Å²) in [5.41, 5.74) is 1.02. The Labute approximate surface area is 164 Å². The minimum absolute atomic E-state index is 0.178. The molecule has 0 bridgehead atoms. The lowest BCUT2D eigenvalue weighted by atomic mass is 9.95. The molecular formula is C20H26N4O4. The molecule has 0 aliphatic heterocycles. The van der Waals surface area contributed by atoms with E-state index in [2.05, 4.69) is 20.6 Å². The number of hydrogen-bond acceptors (Lipinski definition) is 7. The highest BCUT2D eigenvalue weighted by molar-refractivity contribution is 5.93. The summed E-state index contributed by atoms with van der Waals surface area (Å²) < 4.78 is 16.1. The molecule has 28 heavy (non-hydrogen) atoms. The number of anilines is 2. The van der Waals surface area contributed by atoms with Crippen LogP contribution in [-0.4, -0.2) is 43.2 Å². The molecule has 1 saturated carbocycles. The molecule has 0 spiro atoms. The van der Waals surface area contributed by atoms with Crippen LogP contribution in [0.1, 0.15) is 42.6 Å². The average molecular weight is 386 g/mol. The molecule has 8 heteroatoms. The number of aromatic nitrogens is 2. The van der Waals surface area contributed by atoms with Crippen molar-refractivity contribution in [3.8, 4) is 17.2 Å². The third-order valence-electron chi connectivity index (χ3n) is 4.78. The number of nitrogens with zero attached hydrogens (tertiary/aromatic N) is 2.